The Morgan fingerprint density at radius 3 is 1.76 bits per heavy atom. The smallest absolute Gasteiger partial charge is 0.408 e. The first-order chi connectivity index (χ1) is 16.0. The van der Waals surface area contributed by atoms with Gasteiger partial charge in [0.25, 0.3) is 0 Å². The van der Waals surface area contributed by atoms with Crippen molar-refractivity contribution in [3.05, 3.63) is 35.9 Å². The Morgan fingerprint density at radius 1 is 0.765 bits per heavy atom. The normalized spacial score (nSPS) is 13.9. The number of benzene rings is 1. The summed E-state index contributed by atoms with van der Waals surface area (Å²) in [5.74, 6) is -0.183. The summed E-state index contributed by atoms with van der Waals surface area (Å²) < 4.78 is 5.27. The Bertz CT molecular complexity index is 752. The Morgan fingerprint density at radius 2 is 1.26 bits per heavy atom. The van der Waals surface area contributed by atoms with Crippen LogP contribution in [0.4, 0.5) is 4.79 Å². The maximum Gasteiger partial charge on any atom is 0.408 e. The van der Waals surface area contributed by atoms with Crippen molar-refractivity contribution in [2.24, 2.45) is 17.8 Å². The first kappa shape index (κ1) is 29.4. The second kappa shape index (κ2) is 15.3. The van der Waals surface area contributed by atoms with Gasteiger partial charge in [0, 0.05) is 0 Å². The lowest BCUT2D eigenvalue weighted by Crippen LogP contribution is -2.56. The van der Waals surface area contributed by atoms with Gasteiger partial charge in [-0.05, 0) is 42.6 Å². The zero-order valence-corrected chi connectivity index (χ0v) is 21.5. The second-order valence-corrected chi connectivity index (χ2v) is 10.1. The van der Waals surface area contributed by atoms with Crippen molar-refractivity contribution in [1.82, 2.24) is 16.0 Å². The average molecular weight is 478 g/mol. The molecule has 0 radical (unpaired) electrons. The van der Waals surface area contributed by atoms with Crippen LogP contribution in [-0.4, -0.2) is 47.7 Å². The van der Waals surface area contributed by atoms with Gasteiger partial charge < -0.3 is 25.8 Å². The number of amides is 3. The van der Waals surface area contributed by atoms with Gasteiger partial charge in [0.15, 0.2) is 0 Å². The van der Waals surface area contributed by atoms with E-state index in [1.807, 2.05) is 71.9 Å². The third kappa shape index (κ3) is 12.0. The molecule has 3 amide bonds. The maximum atomic E-state index is 13.1. The van der Waals surface area contributed by atoms with Crippen molar-refractivity contribution in [1.29, 1.82) is 0 Å². The van der Waals surface area contributed by atoms with E-state index in [0.29, 0.717) is 25.2 Å². The highest BCUT2D eigenvalue weighted by atomic mass is 16.5. The summed E-state index contributed by atoms with van der Waals surface area (Å²) in [5.41, 5.74) is 0.844. The molecule has 0 heterocycles. The lowest BCUT2D eigenvalue weighted by Gasteiger charge is -2.27. The van der Waals surface area contributed by atoms with Crippen LogP contribution in [0.3, 0.4) is 0 Å². The van der Waals surface area contributed by atoms with E-state index in [-0.39, 0.29) is 37.0 Å². The average Bonchev–Trinajstić information content (AvgIpc) is 2.76. The summed E-state index contributed by atoms with van der Waals surface area (Å²) >= 11 is 0. The SMILES string of the molecule is CC(C)CC(NC(=O)[C@H](CC(C)C)NC(=O)OCc1ccccc1)C(=O)N[C@H](CO)CC(C)C. The van der Waals surface area contributed by atoms with Crippen LogP contribution in [0, 0.1) is 17.8 Å². The molecule has 192 valence electrons. The van der Waals surface area contributed by atoms with Crippen LogP contribution >= 0.6 is 0 Å². The second-order valence-electron chi connectivity index (χ2n) is 10.1. The van der Waals surface area contributed by atoms with Crippen molar-refractivity contribution in [2.45, 2.75) is 85.5 Å². The van der Waals surface area contributed by atoms with Crippen LogP contribution in [0.2, 0.25) is 0 Å². The van der Waals surface area contributed by atoms with Crippen molar-refractivity contribution < 1.29 is 24.2 Å². The Balaban J connectivity index is 2.83. The molecular formula is C26H43N3O5. The van der Waals surface area contributed by atoms with E-state index < -0.39 is 24.1 Å². The quantitative estimate of drug-likeness (QED) is 0.328. The predicted molar refractivity (Wildman–Crippen MR) is 133 cm³/mol. The molecule has 0 fully saturated rings. The molecule has 1 aromatic carbocycles. The van der Waals surface area contributed by atoms with Gasteiger partial charge in [0.2, 0.25) is 11.8 Å². The van der Waals surface area contributed by atoms with Crippen LogP contribution in [0.25, 0.3) is 0 Å². The monoisotopic (exact) mass is 477 g/mol. The van der Waals surface area contributed by atoms with Crippen molar-refractivity contribution in [2.75, 3.05) is 6.61 Å². The summed E-state index contributed by atoms with van der Waals surface area (Å²) in [5, 5.41) is 17.9. The molecule has 1 aromatic rings. The van der Waals surface area contributed by atoms with Gasteiger partial charge >= 0.3 is 6.09 Å². The molecule has 8 heteroatoms. The number of carbonyl (C=O) groups is 3. The molecule has 0 aromatic heterocycles. The fourth-order valence-corrected chi connectivity index (χ4v) is 3.64. The number of aliphatic hydroxyl groups is 1. The van der Waals surface area contributed by atoms with Crippen LogP contribution in [0.5, 0.6) is 0 Å². The topological polar surface area (TPSA) is 117 Å². The van der Waals surface area contributed by atoms with E-state index >= 15 is 0 Å². The number of rotatable bonds is 14. The predicted octanol–water partition coefficient (Wildman–Crippen LogP) is 3.38. The van der Waals surface area contributed by atoms with E-state index in [4.69, 9.17) is 4.74 Å². The zero-order chi connectivity index (χ0) is 25.7. The summed E-state index contributed by atoms with van der Waals surface area (Å²) in [6, 6.07) is 7.29. The molecule has 0 saturated heterocycles. The Labute approximate surface area is 204 Å². The standard InChI is InChI=1S/C26H43N3O5/c1-17(2)12-21(15-30)27-24(31)22(13-18(3)4)28-25(32)23(14-19(5)6)29-26(33)34-16-20-10-8-7-9-11-20/h7-11,17-19,21-23,30H,12-16H2,1-6H3,(H,27,31)(H,28,32)(H,29,33)/t21-,22?,23-/m0/s1. The number of carbonyl (C=O) groups excluding carboxylic acids is 3. The Kier molecular flexibility index (Phi) is 13.3. The Hall–Kier alpha value is -2.61. The van der Waals surface area contributed by atoms with Gasteiger partial charge in [0.1, 0.15) is 18.7 Å². The first-order valence-corrected chi connectivity index (χ1v) is 12.2. The van der Waals surface area contributed by atoms with E-state index in [1.165, 1.54) is 0 Å². The number of hydrogen-bond acceptors (Lipinski definition) is 5. The highest BCUT2D eigenvalue weighted by Crippen LogP contribution is 2.11. The number of alkyl carbamates (subject to hydrolysis) is 1. The number of nitrogens with one attached hydrogen (secondary N) is 3. The van der Waals surface area contributed by atoms with Crippen LogP contribution in [0.15, 0.2) is 30.3 Å². The van der Waals surface area contributed by atoms with Crippen LogP contribution < -0.4 is 16.0 Å². The van der Waals surface area contributed by atoms with Crippen molar-refractivity contribution in [3.63, 3.8) is 0 Å². The summed E-state index contributed by atoms with van der Waals surface area (Å²) in [6.45, 7) is 11.8. The minimum absolute atomic E-state index is 0.0967. The third-order valence-corrected chi connectivity index (χ3v) is 5.19. The van der Waals surface area contributed by atoms with Gasteiger partial charge in [-0.2, -0.15) is 0 Å². The van der Waals surface area contributed by atoms with Gasteiger partial charge in [-0.25, -0.2) is 4.79 Å². The summed E-state index contributed by atoms with van der Waals surface area (Å²) in [4.78, 5) is 38.4. The van der Waals surface area contributed by atoms with Gasteiger partial charge in [-0.15, -0.1) is 0 Å². The fourth-order valence-electron chi connectivity index (χ4n) is 3.64. The zero-order valence-electron chi connectivity index (χ0n) is 21.5. The molecule has 1 unspecified atom stereocenters. The fraction of sp³-hybridized carbons (Fsp3) is 0.654. The number of hydrogen-bond donors (Lipinski definition) is 4. The molecule has 4 N–H and O–H groups in total. The summed E-state index contributed by atoms with van der Waals surface area (Å²) in [6.07, 6.45) is 0.779. The molecule has 0 spiro atoms. The minimum Gasteiger partial charge on any atom is -0.445 e. The van der Waals surface area contributed by atoms with E-state index in [1.54, 1.807) is 0 Å². The molecule has 1 rings (SSSR count). The molecule has 0 aliphatic heterocycles. The van der Waals surface area contributed by atoms with Gasteiger partial charge in [0.05, 0.1) is 12.6 Å². The number of ether oxygens (including phenoxy) is 1. The minimum atomic E-state index is -0.838. The molecule has 0 bridgehead atoms. The largest absolute Gasteiger partial charge is 0.445 e. The summed E-state index contributed by atoms with van der Waals surface area (Å²) in [7, 11) is 0. The molecular weight excluding hydrogens is 434 g/mol. The molecule has 0 aliphatic rings. The van der Waals surface area contributed by atoms with Crippen molar-refractivity contribution in [3.8, 4) is 0 Å². The molecule has 0 saturated carbocycles. The lowest BCUT2D eigenvalue weighted by molar-refractivity contribution is -0.131. The van der Waals surface area contributed by atoms with Gasteiger partial charge in [-0.3, -0.25) is 9.59 Å². The third-order valence-electron chi connectivity index (χ3n) is 5.19. The highest BCUT2D eigenvalue weighted by Gasteiger charge is 2.29. The van der Waals surface area contributed by atoms with E-state index in [2.05, 4.69) is 16.0 Å². The van der Waals surface area contributed by atoms with Crippen LogP contribution in [0.1, 0.15) is 66.4 Å². The maximum absolute atomic E-state index is 13.1. The lowest BCUT2D eigenvalue weighted by atomic mass is 9.99. The van der Waals surface area contributed by atoms with Crippen molar-refractivity contribution >= 4 is 17.9 Å². The molecule has 0 aliphatic carbocycles. The number of aliphatic hydroxyl groups excluding tert-OH is 1. The van der Waals surface area contributed by atoms with Gasteiger partial charge in [-0.1, -0.05) is 71.9 Å². The first-order valence-electron chi connectivity index (χ1n) is 12.2. The molecule has 34 heavy (non-hydrogen) atoms. The highest BCUT2D eigenvalue weighted by molar-refractivity contribution is 5.91. The van der Waals surface area contributed by atoms with E-state index in [9.17, 15) is 19.5 Å². The molecule has 8 nitrogen and oxygen atoms in total. The molecule has 3 atom stereocenters. The van der Waals surface area contributed by atoms with Crippen LogP contribution in [-0.2, 0) is 20.9 Å². The van der Waals surface area contributed by atoms with E-state index in [0.717, 1.165) is 5.56 Å².